The summed E-state index contributed by atoms with van der Waals surface area (Å²) < 4.78 is 12.0. The molecule has 0 radical (unpaired) electrons. The molecule has 0 heterocycles. The Balaban J connectivity index is 1.53. The molecule has 174 valence electrons. The molecule has 3 rings (SSSR count). The summed E-state index contributed by atoms with van der Waals surface area (Å²) in [6.45, 7) is 1.74. The third-order valence-corrected chi connectivity index (χ3v) is 5.56. The molecule has 1 amide bonds. The number of hydrazone groups is 1. The monoisotopic (exact) mass is 589 g/mol. The van der Waals surface area contributed by atoms with Crippen molar-refractivity contribution in [2.75, 3.05) is 6.61 Å². The minimum Gasteiger partial charge on any atom is -0.483 e. The molecule has 0 atom stereocenters. The highest BCUT2D eigenvalue weighted by atomic mass is 79.9. The van der Waals surface area contributed by atoms with E-state index >= 15 is 0 Å². The van der Waals surface area contributed by atoms with Gasteiger partial charge in [0.1, 0.15) is 11.5 Å². The van der Waals surface area contributed by atoms with E-state index in [1.165, 1.54) is 30.5 Å². The van der Waals surface area contributed by atoms with Crippen LogP contribution in [0.3, 0.4) is 0 Å². The molecule has 3 aromatic rings. The number of amides is 1. The molecule has 0 saturated heterocycles. The number of hydrogen-bond donors (Lipinski definition) is 1. The number of esters is 1. The second-order valence-corrected chi connectivity index (χ2v) is 8.61. The van der Waals surface area contributed by atoms with Crippen LogP contribution in [0, 0.1) is 17.0 Å². The Labute approximate surface area is 211 Å². The number of carbonyl (C=O) groups is 2. The summed E-state index contributed by atoms with van der Waals surface area (Å²) in [4.78, 5) is 34.4. The Morgan fingerprint density at radius 1 is 1.03 bits per heavy atom. The Morgan fingerprint density at radius 3 is 2.35 bits per heavy atom. The third kappa shape index (κ3) is 6.96. The van der Waals surface area contributed by atoms with Crippen LogP contribution in [-0.2, 0) is 4.79 Å². The fourth-order valence-electron chi connectivity index (χ4n) is 2.64. The molecule has 0 spiro atoms. The predicted molar refractivity (Wildman–Crippen MR) is 132 cm³/mol. The van der Waals surface area contributed by atoms with E-state index in [4.69, 9.17) is 9.47 Å². The third-order valence-electron chi connectivity index (χ3n) is 4.32. The second-order valence-electron chi connectivity index (χ2n) is 6.90. The number of nitrogens with one attached hydrogen (secondary N) is 1. The van der Waals surface area contributed by atoms with Gasteiger partial charge in [-0.15, -0.1) is 0 Å². The summed E-state index contributed by atoms with van der Waals surface area (Å²) >= 11 is 6.70. The van der Waals surface area contributed by atoms with Gasteiger partial charge in [0.2, 0.25) is 0 Å². The maximum Gasteiger partial charge on any atom is 0.343 e. The van der Waals surface area contributed by atoms with E-state index in [1.807, 2.05) is 19.1 Å². The van der Waals surface area contributed by atoms with Crippen molar-refractivity contribution in [1.82, 2.24) is 5.43 Å². The molecule has 0 unspecified atom stereocenters. The first kappa shape index (κ1) is 25.1. The van der Waals surface area contributed by atoms with Gasteiger partial charge in [-0.3, -0.25) is 14.9 Å². The normalized spacial score (nSPS) is 10.7. The maximum atomic E-state index is 12.3. The van der Waals surface area contributed by atoms with Gasteiger partial charge in [0.25, 0.3) is 11.6 Å². The number of ether oxygens (including phenoxy) is 2. The van der Waals surface area contributed by atoms with Gasteiger partial charge >= 0.3 is 5.97 Å². The number of aryl methyl sites for hydroxylation is 1. The van der Waals surface area contributed by atoms with Crippen molar-refractivity contribution < 1.29 is 24.0 Å². The molecule has 0 aliphatic rings. The quantitative estimate of drug-likeness (QED) is 0.127. The number of nitro benzene ring substituents is 1. The standard InChI is InChI=1S/C23H17Br2N3O6/c1-14-2-8-20(18(24)10-14)33-13-22(29)27-26-12-15-3-9-21(19(25)11-15)34-23(30)16-4-6-17(7-5-16)28(31)32/h2-12H,13H2,1H3,(H,27,29). The number of rotatable bonds is 8. The molecular weight excluding hydrogens is 574 g/mol. The second kappa shape index (κ2) is 11.5. The van der Waals surface area contributed by atoms with E-state index in [2.05, 4.69) is 42.4 Å². The van der Waals surface area contributed by atoms with Crippen LogP contribution in [0.1, 0.15) is 21.5 Å². The highest BCUT2D eigenvalue weighted by Crippen LogP contribution is 2.27. The largest absolute Gasteiger partial charge is 0.483 e. The number of non-ortho nitro benzene ring substituents is 1. The lowest BCUT2D eigenvalue weighted by Gasteiger charge is -2.08. The lowest BCUT2D eigenvalue weighted by molar-refractivity contribution is -0.384. The first-order chi connectivity index (χ1) is 16.2. The summed E-state index contributed by atoms with van der Waals surface area (Å²) in [6, 6.07) is 15.5. The SMILES string of the molecule is Cc1ccc(OCC(=O)NN=Cc2ccc(OC(=O)c3ccc([N+](=O)[O-])cc3)c(Br)c2)c(Br)c1. The number of benzene rings is 3. The summed E-state index contributed by atoms with van der Waals surface area (Å²) in [5, 5.41) is 14.6. The molecule has 34 heavy (non-hydrogen) atoms. The van der Waals surface area contributed by atoms with Crippen molar-refractivity contribution in [3.63, 3.8) is 0 Å². The smallest absolute Gasteiger partial charge is 0.343 e. The van der Waals surface area contributed by atoms with Crippen molar-refractivity contribution in [3.8, 4) is 11.5 Å². The van der Waals surface area contributed by atoms with Crippen LogP contribution in [0.25, 0.3) is 0 Å². The molecule has 11 heteroatoms. The molecular formula is C23H17Br2N3O6. The van der Waals surface area contributed by atoms with E-state index in [-0.39, 0.29) is 23.6 Å². The number of nitro groups is 1. The van der Waals surface area contributed by atoms with Crippen LogP contribution < -0.4 is 14.9 Å². The van der Waals surface area contributed by atoms with Crippen LogP contribution in [0.2, 0.25) is 0 Å². The van der Waals surface area contributed by atoms with Crippen LogP contribution in [0.4, 0.5) is 5.69 Å². The van der Waals surface area contributed by atoms with Gasteiger partial charge in [-0.25, -0.2) is 10.2 Å². The highest BCUT2D eigenvalue weighted by molar-refractivity contribution is 9.10. The molecule has 0 aromatic heterocycles. The van der Waals surface area contributed by atoms with Crippen molar-refractivity contribution in [3.05, 3.63) is 96.4 Å². The van der Waals surface area contributed by atoms with Gasteiger partial charge in [0.15, 0.2) is 6.61 Å². The van der Waals surface area contributed by atoms with Gasteiger partial charge in [0.05, 0.1) is 25.6 Å². The maximum absolute atomic E-state index is 12.3. The molecule has 3 aromatic carbocycles. The first-order valence-corrected chi connectivity index (χ1v) is 11.3. The molecule has 1 N–H and O–H groups in total. The molecule has 0 fully saturated rings. The van der Waals surface area contributed by atoms with Crippen molar-refractivity contribution in [2.45, 2.75) is 6.92 Å². The van der Waals surface area contributed by atoms with E-state index in [0.717, 1.165) is 10.0 Å². The minimum atomic E-state index is -0.663. The number of carbonyl (C=O) groups excluding carboxylic acids is 2. The van der Waals surface area contributed by atoms with E-state index in [9.17, 15) is 19.7 Å². The topological polar surface area (TPSA) is 120 Å². The lowest BCUT2D eigenvalue weighted by Crippen LogP contribution is -2.24. The van der Waals surface area contributed by atoms with Gasteiger partial charge in [-0.2, -0.15) is 5.10 Å². The minimum absolute atomic E-state index is 0.122. The average Bonchev–Trinajstić information content (AvgIpc) is 2.80. The summed E-state index contributed by atoms with van der Waals surface area (Å²) in [5.41, 5.74) is 4.11. The summed E-state index contributed by atoms with van der Waals surface area (Å²) in [6.07, 6.45) is 1.42. The fraction of sp³-hybridized carbons (Fsp3) is 0.0870. The van der Waals surface area contributed by atoms with Crippen molar-refractivity contribution >= 4 is 55.6 Å². The predicted octanol–water partition coefficient (Wildman–Crippen LogP) is 5.18. The Bertz CT molecular complexity index is 1260. The van der Waals surface area contributed by atoms with E-state index < -0.39 is 16.8 Å². The van der Waals surface area contributed by atoms with E-state index in [0.29, 0.717) is 15.8 Å². The van der Waals surface area contributed by atoms with Gasteiger partial charge in [0, 0.05) is 12.1 Å². The number of hydrogen-bond acceptors (Lipinski definition) is 7. The molecule has 0 aliphatic heterocycles. The zero-order chi connectivity index (χ0) is 24.7. The number of nitrogens with zero attached hydrogens (tertiary/aromatic N) is 2. The molecule has 9 nitrogen and oxygen atoms in total. The Hall–Kier alpha value is -3.57. The Morgan fingerprint density at radius 2 is 1.71 bits per heavy atom. The zero-order valence-corrected chi connectivity index (χ0v) is 20.8. The first-order valence-electron chi connectivity index (χ1n) is 9.70. The van der Waals surface area contributed by atoms with Crippen LogP contribution in [0.15, 0.2) is 74.7 Å². The Kier molecular flexibility index (Phi) is 8.50. The highest BCUT2D eigenvalue weighted by Gasteiger charge is 2.13. The molecule has 0 aliphatic carbocycles. The van der Waals surface area contributed by atoms with Crippen LogP contribution in [-0.4, -0.2) is 29.6 Å². The summed E-state index contributed by atoms with van der Waals surface area (Å²) in [7, 11) is 0. The lowest BCUT2D eigenvalue weighted by atomic mass is 10.2. The summed E-state index contributed by atoms with van der Waals surface area (Å²) in [5.74, 6) is -0.296. The van der Waals surface area contributed by atoms with Crippen LogP contribution >= 0.6 is 31.9 Å². The van der Waals surface area contributed by atoms with Gasteiger partial charge < -0.3 is 9.47 Å². The molecule has 0 saturated carbocycles. The zero-order valence-electron chi connectivity index (χ0n) is 17.7. The average molecular weight is 591 g/mol. The van der Waals surface area contributed by atoms with Crippen LogP contribution in [0.5, 0.6) is 11.5 Å². The van der Waals surface area contributed by atoms with Crippen molar-refractivity contribution in [1.29, 1.82) is 0 Å². The fourth-order valence-corrected chi connectivity index (χ4v) is 3.72. The van der Waals surface area contributed by atoms with Gasteiger partial charge in [-0.1, -0.05) is 6.07 Å². The van der Waals surface area contributed by atoms with Gasteiger partial charge in [-0.05, 0) is 92.4 Å². The molecule has 0 bridgehead atoms. The van der Waals surface area contributed by atoms with Crippen molar-refractivity contribution in [2.24, 2.45) is 5.10 Å². The van der Waals surface area contributed by atoms with E-state index in [1.54, 1.807) is 24.3 Å². The number of halogens is 2.